The van der Waals surface area contributed by atoms with Gasteiger partial charge in [-0.3, -0.25) is 37.2 Å². The summed E-state index contributed by atoms with van der Waals surface area (Å²) < 4.78 is 0. The minimum Gasteiger partial charge on any atom is -0.298 e. The van der Waals surface area contributed by atoms with Crippen LogP contribution in [0.15, 0.2) is 0 Å². The second-order valence-corrected chi connectivity index (χ2v) is 15.9. The molecule has 9 fully saturated rings. The van der Waals surface area contributed by atoms with Crippen LogP contribution in [0.5, 0.6) is 0 Å². The van der Waals surface area contributed by atoms with Crippen LogP contribution in [-0.4, -0.2) is 49.1 Å². The van der Waals surface area contributed by atoms with E-state index in [-0.39, 0.29) is 0 Å². The Morgan fingerprint density at radius 1 is 0.250 bits per heavy atom. The zero-order chi connectivity index (χ0) is 26.2. The fraction of sp³-hybridized carbons (Fsp3) is 1.00. The van der Waals surface area contributed by atoms with E-state index < -0.39 is 0 Å². The Morgan fingerprint density at radius 3 is 0.750 bits per heavy atom. The molecule has 5 saturated carbocycles. The van der Waals surface area contributed by atoms with E-state index in [9.17, 15) is 0 Å². The Labute approximate surface area is 242 Å². The molecule has 9 rings (SSSR count). The SMILES string of the molecule is C1CCC2C3CC(NC4NC(NC5NC(NC6NC(N3)C3CCCCC63)C3CCCCC53)C3CCCCC43)C2C1. The van der Waals surface area contributed by atoms with Gasteiger partial charge in [-0.1, -0.05) is 51.4 Å². The van der Waals surface area contributed by atoms with E-state index in [4.69, 9.17) is 0 Å². The van der Waals surface area contributed by atoms with Gasteiger partial charge in [0.15, 0.2) is 0 Å². The smallest absolute Gasteiger partial charge is 0.0628 e. The average Bonchev–Trinajstić information content (AvgIpc) is 3.73. The van der Waals surface area contributed by atoms with Crippen LogP contribution < -0.4 is 37.2 Å². The molecule has 4 heterocycles. The molecule has 8 bridgehead atoms. The van der Waals surface area contributed by atoms with Gasteiger partial charge in [0, 0.05) is 12.1 Å². The van der Waals surface area contributed by atoms with Gasteiger partial charge < -0.3 is 0 Å². The van der Waals surface area contributed by atoms with E-state index in [2.05, 4.69) is 37.2 Å². The molecule has 0 radical (unpaired) electrons. The molecule has 0 spiro atoms. The number of rotatable bonds is 0. The maximum absolute atomic E-state index is 4.37. The van der Waals surface area contributed by atoms with Crippen molar-refractivity contribution < 1.29 is 0 Å². The Morgan fingerprint density at radius 2 is 0.475 bits per heavy atom. The molecular formula is C33H57N7. The third-order valence-corrected chi connectivity index (χ3v) is 14.2. The van der Waals surface area contributed by atoms with E-state index >= 15 is 0 Å². The predicted octanol–water partition coefficient (Wildman–Crippen LogP) is 3.49. The third-order valence-electron chi connectivity index (χ3n) is 14.2. The Kier molecular flexibility index (Phi) is 7.00. The summed E-state index contributed by atoms with van der Waals surface area (Å²) in [6, 6.07) is 1.34. The van der Waals surface area contributed by atoms with E-state index in [0.717, 1.165) is 47.3 Å². The van der Waals surface area contributed by atoms with Crippen molar-refractivity contribution in [2.24, 2.45) is 47.3 Å². The predicted molar refractivity (Wildman–Crippen MR) is 159 cm³/mol. The zero-order valence-corrected chi connectivity index (χ0v) is 24.8. The van der Waals surface area contributed by atoms with Crippen LogP contribution in [0.1, 0.15) is 109 Å². The first kappa shape index (κ1) is 26.2. The van der Waals surface area contributed by atoms with Gasteiger partial charge in [-0.25, -0.2) is 0 Å². The number of fused-ring (bicyclic) bond motifs is 20. The first-order valence-electron chi connectivity index (χ1n) is 18.1. The van der Waals surface area contributed by atoms with E-state index in [1.165, 1.54) is 109 Å². The molecular weight excluding hydrogens is 494 g/mol. The summed E-state index contributed by atoms with van der Waals surface area (Å²) in [5.74, 6) is 6.35. The zero-order valence-electron chi connectivity index (χ0n) is 24.8. The molecule has 7 N–H and O–H groups in total. The van der Waals surface area contributed by atoms with Crippen LogP contribution in [-0.2, 0) is 0 Å². The molecule has 0 aromatic heterocycles. The molecule has 9 aliphatic rings. The molecule has 16 atom stereocenters. The first-order chi connectivity index (χ1) is 19.8. The summed E-state index contributed by atoms with van der Waals surface area (Å²) in [5.41, 5.74) is 0. The average molecular weight is 552 g/mol. The van der Waals surface area contributed by atoms with Crippen molar-refractivity contribution in [3.8, 4) is 0 Å². The quantitative estimate of drug-likeness (QED) is 0.248. The minimum absolute atomic E-state index is 0.436. The molecule has 0 aromatic rings. The lowest BCUT2D eigenvalue weighted by molar-refractivity contribution is 0.167. The van der Waals surface area contributed by atoms with Gasteiger partial charge in [-0.05, 0) is 105 Å². The molecule has 224 valence electrons. The van der Waals surface area contributed by atoms with Gasteiger partial charge >= 0.3 is 0 Å². The van der Waals surface area contributed by atoms with Crippen LogP contribution in [0.3, 0.4) is 0 Å². The van der Waals surface area contributed by atoms with Crippen LogP contribution in [0, 0.1) is 47.3 Å². The van der Waals surface area contributed by atoms with Crippen LogP contribution in [0.2, 0.25) is 0 Å². The molecule has 0 amide bonds. The molecule has 4 saturated heterocycles. The summed E-state index contributed by atoms with van der Waals surface area (Å²) >= 11 is 0. The third kappa shape index (κ3) is 4.38. The van der Waals surface area contributed by atoms with Crippen molar-refractivity contribution in [3.63, 3.8) is 0 Å². The van der Waals surface area contributed by atoms with Crippen molar-refractivity contribution in [1.29, 1.82) is 0 Å². The van der Waals surface area contributed by atoms with Crippen molar-refractivity contribution >= 4 is 0 Å². The first-order valence-corrected chi connectivity index (χ1v) is 18.1. The monoisotopic (exact) mass is 551 g/mol. The van der Waals surface area contributed by atoms with Crippen molar-refractivity contribution in [2.45, 2.75) is 158 Å². The van der Waals surface area contributed by atoms with Crippen LogP contribution >= 0.6 is 0 Å². The lowest BCUT2D eigenvalue weighted by atomic mass is 9.76. The second kappa shape index (κ2) is 10.7. The summed E-state index contributed by atoms with van der Waals surface area (Å²) in [4.78, 5) is 0. The molecule has 0 aromatic carbocycles. The standard InChI is InChI=1S/C33H57N7/c1-2-10-19-18(9-1)26-17-27(19)35-29-21-12-4-6-14-23(21)31(37-29)39-33-25-16-8-7-15-24(25)32(40-33)38-30-22-13-5-3-11-20(22)28(34-26)36-30/h18-40H,1-17H2. The Balaban J connectivity index is 1.05. The van der Waals surface area contributed by atoms with E-state index in [0.29, 0.717) is 49.1 Å². The fourth-order valence-electron chi connectivity index (χ4n) is 12.4. The summed E-state index contributed by atoms with van der Waals surface area (Å²) in [6.45, 7) is 0. The van der Waals surface area contributed by atoms with Crippen LogP contribution in [0.4, 0.5) is 0 Å². The summed E-state index contributed by atoms with van der Waals surface area (Å²) in [6.07, 6.45) is 26.7. The highest BCUT2D eigenvalue weighted by Gasteiger charge is 2.54. The molecule has 7 nitrogen and oxygen atoms in total. The minimum atomic E-state index is 0.436. The summed E-state index contributed by atoms with van der Waals surface area (Å²) in [5, 5.41) is 30.0. The van der Waals surface area contributed by atoms with Gasteiger partial charge in [0.1, 0.15) is 0 Å². The Hall–Kier alpha value is -0.280. The molecule has 5 aliphatic carbocycles. The Bertz CT molecular complexity index is 707. The van der Waals surface area contributed by atoms with Crippen molar-refractivity contribution in [3.05, 3.63) is 0 Å². The normalized spacial score (nSPS) is 57.6. The number of hydrogen-bond donors (Lipinski definition) is 7. The van der Waals surface area contributed by atoms with Crippen molar-refractivity contribution in [2.75, 3.05) is 0 Å². The van der Waals surface area contributed by atoms with Gasteiger partial charge in [-0.15, -0.1) is 0 Å². The van der Waals surface area contributed by atoms with Gasteiger partial charge in [0.2, 0.25) is 0 Å². The highest BCUT2D eigenvalue weighted by Crippen LogP contribution is 2.47. The number of hydrogen-bond acceptors (Lipinski definition) is 7. The maximum Gasteiger partial charge on any atom is 0.0628 e. The highest BCUT2D eigenvalue weighted by atomic mass is 15.4. The van der Waals surface area contributed by atoms with Crippen LogP contribution in [0.25, 0.3) is 0 Å². The van der Waals surface area contributed by atoms with Crippen molar-refractivity contribution in [1.82, 2.24) is 37.2 Å². The second-order valence-electron chi connectivity index (χ2n) is 15.9. The van der Waals surface area contributed by atoms with Gasteiger partial charge in [-0.2, -0.15) is 0 Å². The number of nitrogens with one attached hydrogen (secondary N) is 7. The maximum atomic E-state index is 4.37. The molecule has 16 unspecified atom stereocenters. The van der Waals surface area contributed by atoms with E-state index in [1.54, 1.807) is 0 Å². The lowest BCUT2D eigenvalue weighted by Gasteiger charge is -2.36. The highest BCUT2D eigenvalue weighted by molar-refractivity contribution is 5.09. The summed E-state index contributed by atoms with van der Waals surface area (Å²) in [7, 11) is 0. The van der Waals surface area contributed by atoms with Gasteiger partial charge in [0.25, 0.3) is 0 Å². The fourth-order valence-corrected chi connectivity index (χ4v) is 12.4. The lowest BCUT2D eigenvalue weighted by Crippen LogP contribution is -2.59. The van der Waals surface area contributed by atoms with E-state index in [1.807, 2.05) is 0 Å². The van der Waals surface area contributed by atoms with Gasteiger partial charge in [0.05, 0.1) is 37.0 Å². The topological polar surface area (TPSA) is 84.2 Å². The molecule has 7 heteroatoms. The molecule has 4 aliphatic heterocycles. The molecule has 40 heavy (non-hydrogen) atoms. The largest absolute Gasteiger partial charge is 0.298 e.